The monoisotopic (exact) mass is 198 g/mol. The van der Waals surface area contributed by atoms with E-state index in [9.17, 15) is 9.18 Å². The number of carbonyl (C=O) groups excluding carboxylic acids is 1. The van der Waals surface area contributed by atoms with E-state index < -0.39 is 11.7 Å². The lowest BCUT2D eigenvalue weighted by Crippen LogP contribution is -2.20. The van der Waals surface area contributed by atoms with Gasteiger partial charge in [0.25, 0.3) is 5.91 Å². The first kappa shape index (κ1) is 10.5. The van der Waals surface area contributed by atoms with Crippen LogP contribution in [-0.4, -0.2) is 12.5 Å². The highest BCUT2D eigenvalue weighted by Gasteiger charge is 2.05. The number of hydrogen-bond acceptors (Lipinski definition) is 3. The molecule has 1 rings (SSSR count). The molecule has 0 saturated carbocycles. The van der Waals surface area contributed by atoms with E-state index in [-0.39, 0.29) is 18.9 Å². The first-order valence-electron chi connectivity index (χ1n) is 4.03. The number of hydrogen-bond donors (Lipinski definition) is 2. The van der Waals surface area contributed by atoms with Crippen LogP contribution < -0.4 is 16.2 Å². The second kappa shape index (κ2) is 4.57. The van der Waals surface area contributed by atoms with Crippen LogP contribution in [0.4, 0.5) is 4.39 Å². The van der Waals surface area contributed by atoms with Crippen LogP contribution in [0.5, 0.6) is 5.75 Å². The molecule has 0 spiro atoms. The fourth-order valence-corrected chi connectivity index (χ4v) is 0.937. The van der Waals surface area contributed by atoms with Crippen LogP contribution in [0.3, 0.4) is 0 Å². The van der Waals surface area contributed by atoms with Crippen LogP contribution in [0.2, 0.25) is 0 Å². The molecule has 1 amide bonds. The van der Waals surface area contributed by atoms with Gasteiger partial charge in [0.05, 0.1) is 0 Å². The fraction of sp³-hybridized carbons (Fsp3) is 0.222. The zero-order valence-corrected chi connectivity index (χ0v) is 7.50. The minimum absolute atomic E-state index is 0.000926. The van der Waals surface area contributed by atoms with Gasteiger partial charge in [0.2, 0.25) is 0 Å². The highest BCUT2D eigenvalue weighted by atomic mass is 19.1. The van der Waals surface area contributed by atoms with E-state index in [1.807, 2.05) is 0 Å². The van der Waals surface area contributed by atoms with Crippen molar-refractivity contribution in [1.29, 1.82) is 0 Å². The Hall–Kier alpha value is -1.62. The topological polar surface area (TPSA) is 78.3 Å². The standard InChI is InChI=1S/C9H11FN2O2/c10-7-3-6(4-11)1-2-8(7)14-5-9(12)13/h1-3H,4-5,11H2,(H2,12,13). The minimum atomic E-state index is -0.646. The molecule has 4 nitrogen and oxygen atoms in total. The summed E-state index contributed by atoms with van der Waals surface area (Å²) < 4.78 is 18.0. The molecule has 0 aliphatic rings. The van der Waals surface area contributed by atoms with Gasteiger partial charge in [0, 0.05) is 6.54 Å². The fourth-order valence-electron chi connectivity index (χ4n) is 0.937. The predicted octanol–water partition coefficient (Wildman–Crippen LogP) is 0.148. The normalized spacial score (nSPS) is 9.86. The van der Waals surface area contributed by atoms with E-state index in [4.69, 9.17) is 16.2 Å². The van der Waals surface area contributed by atoms with Crippen LogP contribution in [0.1, 0.15) is 5.56 Å². The minimum Gasteiger partial charge on any atom is -0.481 e. The molecular weight excluding hydrogens is 187 g/mol. The van der Waals surface area contributed by atoms with Gasteiger partial charge < -0.3 is 16.2 Å². The quantitative estimate of drug-likeness (QED) is 0.722. The summed E-state index contributed by atoms with van der Waals surface area (Å²) in [7, 11) is 0. The number of rotatable bonds is 4. The number of amides is 1. The Labute approximate surface area is 80.6 Å². The van der Waals surface area contributed by atoms with Crippen molar-refractivity contribution in [2.45, 2.75) is 6.54 Å². The summed E-state index contributed by atoms with van der Waals surface area (Å²) in [6.07, 6.45) is 0. The van der Waals surface area contributed by atoms with Crippen LogP contribution >= 0.6 is 0 Å². The molecule has 0 saturated heterocycles. The van der Waals surface area contributed by atoms with Crippen molar-refractivity contribution >= 4 is 5.91 Å². The zero-order valence-electron chi connectivity index (χ0n) is 7.50. The Morgan fingerprint density at radius 1 is 1.50 bits per heavy atom. The summed E-state index contributed by atoms with van der Waals surface area (Å²) in [4.78, 5) is 10.4. The third-order valence-corrected chi connectivity index (χ3v) is 1.60. The Balaban J connectivity index is 2.73. The van der Waals surface area contributed by atoms with E-state index in [0.717, 1.165) is 0 Å². The van der Waals surface area contributed by atoms with Crippen molar-refractivity contribution in [3.8, 4) is 5.75 Å². The van der Waals surface area contributed by atoms with Gasteiger partial charge in [0.15, 0.2) is 18.2 Å². The second-order valence-electron chi connectivity index (χ2n) is 2.72. The maximum Gasteiger partial charge on any atom is 0.255 e. The zero-order chi connectivity index (χ0) is 10.6. The number of carbonyl (C=O) groups is 1. The van der Waals surface area contributed by atoms with E-state index in [0.29, 0.717) is 5.56 Å². The predicted molar refractivity (Wildman–Crippen MR) is 49.0 cm³/mol. The van der Waals surface area contributed by atoms with Gasteiger partial charge >= 0.3 is 0 Å². The van der Waals surface area contributed by atoms with Crippen molar-refractivity contribution in [2.75, 3.05) is 6.61 Å². The van der Waals surface area contributed by atoms with Crippen molar-refractivity contribution in [3.63, 3.8) is 0 Å². The summed E-state index contributed by atoms with van der Waals surface area (Å²) >= 11 is 0. The SMILES string of the molecule is NCc1ccc(OCC(N)=O)c(F)c1. The number of halogens is 1. The molecule has 0 radical (unpaired) electrons. The molecule has 14 heavy (non-hydrogen) atoms. The summed E-state index contributed by atoms with van der Waals surface area (Å²) in [5.74, 6) is -1.19. The lowest BCUT2D eigenvalue weighted by atomic mass is 10.2. The molecule has 0 aliphatic heterocycles. The maximum absolute atomic E-state index is 13.2. The highest BCUT2D eigenvalue weighted by molar-refractivity contribution is 5.75. The largest absolute Gasteiger partial charge is 0.481 e. The lowest BCUT2D eigenvalue weighted by Gasteiger charge is -2.05. The summed E-state index contributed by atoms with van der Waals surface area (Å²) in [5.41, 5.74) is 10.8. The van der Waals surface area contributed by atoms with Crippen LogP contribution in [-0.2, 0) is 11.3 Å². The van der Waals surface area contributed by atoms with Crippen molar-refractivity contribution in [2.24, 2.45) is 11.5 Å². The van der Waals surface area contributed by atoms with Crippen LogP contribution in [0, 0.1) is 5.82 Å². The maximum atomic E-state index is 13.2. The van der Waals surface area contributed by atoms with E-state index >= 15 is 0 Å². The molecule has 0 bridgehead atoms. The van der Waals surface area contributed by atoms with E-state index in [2.05, 4.69) is 0 Å². The van der Waals surface area contributed by atoms with Crippen molar-refractivity contribution in [1.82, 2.24) is 0 Å². The smallest absolute Gasteiger partial charge is 0.255 e. The molecule has 5 heteroatoms. The first-order chi connectivity index (χ1) is 6.63. The Bertz CT molecular complexity index is 342. The van der Waals surface area contributed by atoms with Gasteiger partial charge in [-0.05, 0) is 17.7 Å². The van der Waals surface area contributed by atoms with Gasteiger partial charge in [-0.25, -0.2) is 4.39 Å². The summed E-state index contributed by atoms with van der Waals surface area (Å²) in [6.45, 7) is -0.0775. The molecule has 4 N–H and O–H groups in total. The third kappa shape index (κ3) is 2.70. The van der Waals surface area contributed by atoms with E-state index in [1.54, 1.807) is 6.07 Å². The third-order valence-electron chi connectivity index (χ3n) is 1.60. The molecule has 0 aromatic heterocycles. The van der Waals surface area contributed by atoms with Gasteiger partial charge in [-0.1, -0.05) is 6.07 Å². The molecule has 0 unspecified atom stereocenters. The van der Waals surface area contributed by atoms with Crippen LogP contribution in [0.15, 0.2) is 18.2 Å². The molecular formula is C9H11FN2O2. The first-order valence-corrected chi connectivity index (χ1v) is 4.03. The number of ether oxygens (including phenoxy) is 1. The Morgan fingerprint density at radius 2 is 2.21 bits per heavy atom. The number of primary amides is 1. The lowest BCUT2D eigenvalue weighted by molar-refractivity contribution is -0.120. The Kier molecular flexibility index (Phi) is 3.41. The van der Waals surface area contributed by atoms with Crippen molar-refractivity contribution in [3.05, 3.63) is 29.6 Å². The molecule has 0 heterocycles. The molecule has 0 aliphatic carbocycles. The summed E-state index contributed by atoms with van der Waals surface area (Å²) in [6, 6.07) is 4.30. The highest BCUT2D eigenvalue weighted by Crippen LogP contribution is 2.17. The van der Waals surface area contributed by atoms with Crippen molar-refractivity contribution < 1.29 is 13.9 Å². The number of nitrogens with two attached hydrogens (primary N) is 2. The average Bonchev–Trinajstić information content (AvgIpc) is 2.15. The molecule has 0 atom stereocenters. The molecule has 0 fully saturated rings. The molecule has 1 aromatic rings. The van der Waals surface area contributed by atoms with Gasteiger partial charge in [-0.2, -0.15) is 0 Å². The van der Waals surface area contributed by atoms with Gasteiger partial charge in [-0.3, -0.25) is 4.79 Å². The van der Waals surface area contributed by atoms with Gasteiger partial charge in [-0.15, -0.1) is 0 Å². The second-order valence-corrected chi connectivity index (χ2v) is 2.72. The molecule has 76 valence electrons. The van der Waals surface area contributed by atoms with Gasteiger partial charge in [0.1, 0.15) is 0 Å². The van der Waals surface area contributed by atoms with Crippen LogP contribution in [0.25, 0.3) is 0 Å². The summed E-state index contributed by atoms with van der Waals surface area (Å²) in [5, 5.41) is 0. The Morgan fingerprint density at radius 3 is 2.71 bits per heavy atom. The average molecular weight is 198 g/mol. The van der Waals surface area contributed by atoms with E-state index in [1.165, 1.54) is 12.1 Å². The number of benzene rings is 1. The molecule has 1 aromatic carbocycles.